The summed E-state index contributed by atoms with van der Waals surface area (Å²) in [4.78, 5) is 12.1. The van der Waals surface area contributed by atoms with E-state index in [1.807, 2.05) is 0 Å². The largest absolute Gasteiger partial charge is 0.462 e. The van der Waals surface area contributed by atoms with E-state index in [-0.39, 0.29) is 5.57 Å². The van der Waals surface area contributed by atoms with E-state index in [2.05, 4.69) is 22.5 Å². The lowest BCUT2D eigenvalue weighted by Crippen LogP contribution is -2.12. The predicted molar refractivity (Wildman–Crippen MR) is 72.7 cm³/mol. The van der Waals surface area contributed by atoms with Crippen LogP contribution in [0, 0.1) is 5.92 Å². The number of allylic oxidation sites excluding steroid dienone is 1. The van der Waals surface area contributed by atoms with Gasteiger partial charge < -0.3 is 4.74 Å². The van der Waals surface area contributed by atoms with E-state index in [4.69, 9.17) is 9.99 Å². The lowest BCUT2D eigenvalue weighted by Gasteiger charge is -2.09. The maximum atomic E-state index is 11.6. The lowest BCUT2D eigenvalue weighted by molar-refractivity contribution is -0.431. The first-order valence-corrected chi connectivity index (χ1v) is 6.75. The van der Waals surface area contributed by atoms with Gasteiger partial charge in [0.1, 0.15) is 0 Å². The number of carbonyl (C=O) groups excluding carboxylic acids is 1. The molecule has 0 radical (unpaired) electrons. The molecule has 0 aliphatic heterocycles. The minimum Gasteiger partial charge on any atom is -0.462 e. The maximum Gasteiger partial charge on any atom is 0.337 e. The van der Waals surface area contributed by atoms with Crippen molar-refractivity contribution in [3.05, 3.63) is 35.8 Å². The standard InChI is InChI=1S/C13H18O5S/c1-10(7-8-11(2)19-18-17-15)13(14)16-9-12-5-3-4-6-12/h7-8,12,15H,1-6,9H2. The zero-order valence-corrected chi connectivity index (χ0v) is 11.5. The molecule has 0 heterocycles. The Hall–Kier alpha value is -1.08. The second-order valence-electron chi connectivity index (χ2n) is 4.30. The zero-order chi connectivity index (χ0) is 14.1. The summed E-state index contributed by atoms with van der Waals surface area (Å²) in [5.74, 6) is 0.0571. The van der Waals surface area contributed by atoms with Gasteiger partial charge in [-0.15, -0.1) is 4.33 Å². The third kappa shape index (κ3) is 6.58. The lowest BCUT2D eigenvalue weighted by atomic mass is 10.1. The monoisotopic (exact) mass is 286 g/mol. The molecule has 106 valence electrons. The molecule has 1 saturated carbocycles. The van der Waals surface area contributed by atoms with Crippen LogP contribution in [0.5, 0.6) is 0 Å². The summed E-state index contributed by atoms with van der Waals surface area (Å²) in [5, 5.41) is 11.4. The van der Waals surface area contributed by atoms with Gasteiger partial charge in [0.25, 0.3) is 0 Å². The van der Waals surface area contributed by atoms with Crippen LogP contribution in [0.3, 0.4) is 0 Å². The highest BCUT2D eigenvalue weighted by molar-refractivity contribution is 7.98. The fourth-order valence-corrected chi connectivity index (χ4v) is 2.05. The summed E-state index contributed by atoms with van der Waals surface area (Å²) >= 11 is 0.717. The molecule has 1 N–H and O–H groups in total. The van der Waals surface area contributed by atoms with Gasteiger partial charge in [-0.2, -0.15) is 0 Å². The molecule has 0 bridgehead atoms. The third-order valence-corrected chi connectivity index (χ3v) is 3.31. The molecule has 0 amide bonds. The van der Waals surface area contributed by atoms with E-state index in [0.29, 0.717) is 17.4 Å². The number of rotatable bonds is 8. The Morgan fingerprint density at radius 1 is 1.32 bits per heavy atom. The summed E-state index contributed by atoms with van der Waals surface area (Å²) in [6, 6.07) is 0. The fraction of sp³-hybridized carbons (Fsp3) is 0.462. The van der Waals surface area contributed by atoms with Crippen LogP contribution in [0.4, 0.5) is 0 Å². The van der Waals surface area contributed by atoms with E-state index in [9.17, 15) is 4.79 Å². The van der Waals surface area contributed by atoms with Crippen LogP contribution in [0.15, 0.2) is 35.8 Å². The summed E-state index contributed by atoms with van der Waals surface area (Å²) in [5.41, 5.74) is 0.240. The van der Waals surface area contributed by atoms with Crippen LogP contribution in [-0.4, -0.2) is 17.8 Å². The summed E-state index contributed by atoms with van der Waals surface area (Å²) in [6.45, 7) is 7.68. The fourth-order valence-electron chi connectivity index (χ4n) is 1.81. The summed E-state index contributed by atoms with van der Waals surface area (Å²) in [6.07, 6.45) is 7.68. The van der Waals surface area contributed by atoms with Crippen molar-refractivity contribution in [2.45, 2.75) is 25.7 Å². The van der Waals surface area contributed by atoms with Crippen molar-refractivity contribution >= 4 is 18.0 Å². The van der Waals surface area contributed by atoms with Gasteiger partial charge in [0, 0.05) is 4.91 Å². The van der Waals surface area contributed by atoms with E-state index in [0.717, 1.165) is 24.9 Å². The number of carbonyl (C=O) groups is 1. The second kappa shape index (κ2) is 8.92. The van der Waals surface area contributed by atoms with Crippen LogP contribution in [0.1, 0.15) is 25.7 Å². The van der Waals surface area contributed by atoms with Crippen molar-refractivity contribution in [1.29, 1.82) is 0 Å². The first kappa shape index (κ1) is 16.0. The van der Waals surface area contributed by atoms with E-state index in [1.165, 1.54) is 25.0 Å². The molecule has 0 aromatic carbocycles. The van der Waals surface area contributed by atoms with Gasteiger partial charge in [-0.05, 0) is 30.9 Å². The number of hydrogen-bond donors (Lipinski definition) is 1. The van der Waals surface area contributed by atoms with Gasteiger partial charge in [-0.1, -0.05) is 31.0 Å². The van der Waals surface area contributed by atoms with Crippen LogP contribution >= 0.6 is 12.0 Å². The Kier molecular flexibility index (Phi) is 7.50. The van der Waals surface area contributed by atoms with Crippen molar-refractivity contribution in [3.63, 3.8) is 0 Å². The Morgan fingerprint density at radius 2 is 2.00 bits per heavy atom. The smallest absolute Gasteiger partial charge is 0.337 e. The topological polar surface area (TPSA) is 65.0 Å². The highest BCUT2D eigenvalue weighted by Crippen LogP contribution is 2.25. The third-order valence-electron chi connectivity index (χ3n) is 2.83. The number of esters is 1. The van der Waals surface area contributed by atoms with E-state index >= 15 is 0 Å². The molecular formula is C13H18O5S. The average molecular weight is 286 g/mol. The summed E-state index contributed by atoms with van der Waals surface area (Å²) in [7, 11) is 0. The van der Waals surface area contributed by atoms with E-state index < -0.39 is 5.97 Å². The average Bonchev–Trinajstić information content (AvgIpc) is 2.92. The minimum atomic E-state index is -0.430. The SMILES string of the molecule is C=C(C=CC(=C)C(=O)OCC1CCCC1)SOOO. The molecule has 0 aromatic rings. The molecule has 0 aromatic heterocycles. The first-order chi connectivity index (χ1) is 9.13. The highest BCUT2D eigenvalue weighted by atomic mass is 32.2. The molecule has 0 unspecified atom stereocenters. The molecule has 0 spiro atoms. The van der Waals surface area contributed by atoms with Crippen LogP contribution in [0.2, 0.25) is 0 Å². The molecule has 0 atom stereocenters. The van der Waals surface area contributed by atoms with Crippen molar-refractivity contribution in [3.8, 4) is 0 Å². The van der Waals surface area contributed by atoms with Crippen LogP contribution in [0.25, 0.3) is 0 Å². The highest BCUT2D eigenvalue weighted by Gasteiger charge is 2.17. The van der Waals surface area contributed by atoms with Crippen molar-refractivity contribution in [1.82, 2.24) is 0 Å². The Bertz CT molecular complexity index is 358. The first-order valence-electron chi connectivity index (χ1n) is 6.01. The minimum absolute atomic E-state index is 0.240. The summed E-state index contributed by atoms with van der Waals surface area (Å²) < 4.78 is 9.36. The molecule has 6 heteroatoms. The van der Waals surface area contributed by atoms with E-state index in [1.54, 1.807) is 0 Å². The molecule has 19 heavy (non-hydrogen) atoms. The van der Waals surface area contributed by atoms with Crippen LogP contribution in [-0.2, 0) is 18.9 Å². The second-order valence-corrected chi connectivity index (χ2v) is 5.13. The molecular weight excluding hydrogens is 268 g/mol. The quantitative estimate of drug-likeness (QED) is 0.184. The Morgan fingerprint density at radius 3 is 2.63 bits per heavy atom. The van der Waals surface area contributed by atoms with Crippen molar-refractivity contribution in [2.75, 3.05) is 6.61 Å². The zero-order valence-electron chi connectivity index (χ0n) is 10.7. The van der Waals surface area contributed by atoms with Crippen molar-refractivity contribution in [2.24, 2.45) is 5.92 Å². The normalized spacial score (nSPS) is 15.8. The van der Waals surface area contributed by atoms with Crippen molar-refractivity contribution < 1.29 is 24.2 Å². The molecule has 1 aliphatic carbocycles. The van der Waals surface area contributed by atoms with Gasteiger partial charge in [0.2, 0.25) is 0 Å². The number of ether oxygens (including phenoxy) is 1. The molecule has 5 nitrogen and oxygen atoms in total. The number of hydrogen-bond acceptors (Lipinski definition) is 6. The predicted octanol–water partition coefficient (Wildman–Crippen LogP) is 3.42. The van der Waals surface area contributed by atoms with Gasteiger partial charge >= 0.3 is 5.97 Å². The van der Waals surface area contributed by atoms with Gasteiger partial charge in [-0.25, -0.2) is 10.1 Å². The Balaban J connectivity index is 2.25. The maximum absolute atomic E-state index is 11.6. The molecule has 1 aliphatic rings. The van der Waals surface area contributed by atoms with Gasteiger partial charge in [0.15, 0.2) is 0 Å². The van der Waals surface area contributed by atoms with Gasteiger partial charge in [-0.3, -0.25) is 0 Å². The molecule has 1 fully saturated rings. The van der Waals surface area contributed by atoms with Crippen LogP contribution < -0.4 is 0 Å². The molecule has 0 saturated heterocycles. The Labute approximate surface area is 117 Å². The molecule has 1 rings (SSSR count). The van der Waals surface area contributed by atoms with Gasteiger partial charge in [0.05, 0.1) is 24.2 Å².